The largest absolute Gasteiger partial charge is 0.312 e. The average molecular weight is 300 g/mol. The van der Waals surface area contributed by atoms with Crippen molar-refractivity contribution in [3.8, 4) is 0 Å². The van der Waals surface area contributed by atoms with Crippen molar-refractivity contribution in [2.45, 2.75) is 44.6 Å². The number of aromatic nitrogens is 2. The van der Waals surface area contributed by atoms with Crippen molar-refractivity contribution >= 4 is 10.0 Å². The molecule has 1 aromatic heterocycles. The van der Waals surface area contributed by atoms with Gasteiger partial charge >= 0.3 is 0 Å². The van der Waals surface area contributed by atoms with Gasteiger partial charge in [0.1, 0.15) is 4.90 Å². The van der Waals surface area contributed by atoms with Crippen LogP contribution in [0, 0.1) is 12.3 Å². The van der Waals surface area contributed by atoms with Crippen LogP contribution in [0.4, 0.5) is 0 Å². The highest BCUT2D eigenvalue weighted by molar-refractivity contribution is 7.89. The summed E-state index contributed by atoms with van der Waals surface area (Å²) in [7, 11) is -1.76. The first-order valence-electron chi connectivity index (χ1n) is 6.96. The van der Waals surface area contributed by atoms with Gasteiger partial charge in [-0.05, 0) is 31.7 Å². The molecule has 1 aliphatic heterocycles. The van der Waals surface area contributed by atoms with E-state index in [9.17, 15) is 8.42 Å². The standard InChI is InChI=1S/C13H24N4O2S/c1-10-11(8-15-17(10)4)20(18,19)16-9-12-13(2,3)6-5-7-14-12/h8,12,14,16H,5-7,9H2,1-4H3. The topological polar surface area (TPSA) is 76.0 Å². The number of sulfonamides is 1. The summed E-state index contributed by atoms with van der Waals surface area (Å²) in [5.41, 5.74) is 0.749. The lowest BCUT2D eigenvalue weighted by Crippen LogP contribution is -2.52. The molecule has 0 aromatic carbocycles. The van der Waals surface area contributed by atoms with E-state index in [2.05, 4.69) is 29.0 Å². The predicted octanol–water partition coefficient (Wildman–Crippen LogP) is 0.785. The Balaban J connectivity index is 2.08. The summed E-state index contributed by atoms with van der Waals surface area (Å²) >= 11 is 0. The van der Waals surface area contributed by atoms with Crippen molar-refractivity contribution in [1.82, 2.24) is 19.8 Å². The third-order valence-electron chi connectivity index (χ3n) is 4.29. The van der Waals surface area contributed by atoms with Gasteiger partial charge in [-0.15, -0.1) is 0 Å². The van der Waals surface area contributed by atoms with Gasteiger partial charge in [-0.1, -0.05) is 13.8 Å². The van der Waals surface area contributed by atoms with E-state index < -0.39 is 10.0 Å². The second-order valence-electron chi connectivity index (χ2n) is 6.17. The van der Waals surface area contributed by atoms with Crippen molar-refractivity contribution in [3.05, 3.63) is 11.9 Å². The first-order valence-corrected chi connectivity index (χ1v) is 8.44. The van der Waals surface area contributed by atoms with Crippen molar-refractivity contribution in [2.75, 3.05) is 13.1 Å². The lowest BCUT2D eigenvalue weighted by atomic mass is 9.78. The number of hydrogen-bond acceptors (Lipinski definition) is 4. The number of aryl methyl sites for hydroxylation is 1. The highest BCUT2D eigenvalue weighted by Crippen LogP contribution is 2.29. The Morgan fingerprint density at radius 1 is 1.55 bits per heavy atom. The molecule has 1 fully saturated rings. The van der Waals surface area contributed by atoms with E-state index in [-0.39, 0.29) is 16.4 Å². The van der Waals surface area contributed by atoms with Crippen LogP contribution in [0.1, 0.15) is 32.4 Å². The quantitative estimate of drug-likeness (QED) is 0.862. The molecule has 0 radical (unpaired) electrons. The fourth-order valence-corrected chi connectivity index (χ4v) is 3.88. The maximum atomic E-state index is 12.3. The smallest absolute Gasteiger partial charge is 0.244 e. The fourth-order valence-electron chi connectivity index (χ4n) is 2.63. The summed E-state index contributed by atoms with van der Waals surface area (Å²) in [6, 6.07) is 0.156. The van der Waals surface area contributed by atoms with Gasteiger partial charge in [0.2, 0.25) is 10.0 Å². The third kappa shape index (κ3) is 3.05. The van der Waals surface area contributed by atoms with Crippen LogP contribution in [-0.4, -0.2) is 37.3 Å². The lowest BCUT2D eigenvalue weighted by molar-refractivity contribution is 0.181. The summed E-state index contributed by atoms with van der Waals surface area (Å²) in [6.07, 6.45) is 3.65. The minimum absolute atomic E-state index is 0.102. The monoisotopic (exact) mass is 300 g/mol. The van der Waals surface area contributed by atoms with E-state index >= 15 is 0 Å². The molecule has 2 heterocycles. The summed E-state index contributed by atoms with van der Waals surface area (Å²) < 4.78 is 28.9. The SMILES string of the molecule is Cc1c(S(=O)(=O)NCC2NCCCC2(C)C)cnn1C. The van der Waals surface area contributed by atoms with Gasteiger partial charge in [0, 0.05) is 19.6 Å². The first kappa shape index (κ1) is 15.5. The molecule has 1 aromatic rings. The molecule has 0 saturated carbocycles. The molecule has 0 bridgehead atoms. The molecular weight excluding hydrogens is 276 g/mol. The zero-order chi connectivity index (χ0) is 15.0. The van der Waals surface area contributed by atoms with E-state index in [0.717, 1.165) is 19.4 Å². The molecule has 0 aliphatic carbocycles. The Labute approximate surface area is 121 Å². The molecule has 2 N–H and O–H groups in total. The Morgan fingerprint density at radius 2 is 2.25 bits per heavy atom. The number of nitrogens with zero attached hydrogens (tertiary/aromatic N) is 2. The molecule has 1 saturated heterocycles. The van der Waals surface area contributed by atoms with Crippen LogP contribution in [0.5, 0.6) is 0 Å². The maximum absolute atomic E-state index is 12.3. The fraction of sp³-hybridized carbons (Fsp3) is 0.769. The summed E-state index contributed by atoms with van der Waals surface area (Å²) in [4.78, 5) is 0.258. The van der Waals surface area contributed by atoms with Crippen LogP contribution in [-0.2, 0) is 17.1 Å². The average Bonchev–Trinajstić information content (AvgIpc) is 2.69. The van der Waals surface area contributed by atoms with Gasteiger partial charge in [-0.2, -0.15) is 5.10 Å². The van der Waals surface area contributed by atoms with Gasteiger partial charge < -0.3 is 5.32 Å². The summed E-state index contributed by atoms with van der Waals surface area (Å²) in [5.74, 6) is 0. The maximum Gasteiger partial charge on any atom is 0.244 e. The lowest BCUT2D eigenvalue weighted by Gasteiger charge is -2.39. The van der Waals surface area contributed by atoms with Crippen LogP contribution < -0.4 is 10.0 Å². The van der Waals surface area contributed by atoms with Gasteiger partial charge in [0.05, 0.1) is 11.9 Å². The van der Waals surface area contributed by atoms with Gasteiger partial charge in [-0.25, -0.2) is 13.1 Å². The van der Waals surface area contributed by atoms with E-state index in [1.807, 2.05) is 0 Å². The normalized spacial score (nSPS) is 22.9. The van der Waals surface area contributed by atoms with Crippen molar-refractivity contribution in [3.63, 3.8) is 0 Å². The van der Waals surface area contributed by atoms with E-state index in [1.54, 1.807) is 18.7 Å². The Bertz CT molecular complexity index is 577. The van der Waals surface area contributed by atoms with E-state index in [4.69, 9.17) is 0 Å². The van der Waals surface area contributed by atoms with Gasteiger partial charge in [0.25, 0.3) is 0 Å². The second-order valence-corrected chi connectivity index (χ2v) is 7.90. The van der Waals surface area contributed by atoms with Crippen LogP contribution in [0.3, 0.4) is 0 Å². The highest BCUT2D eigenvalue weighted by atomic mass is 32.2. The molecule has 6 nitrogen and oxygen atoms in total. The number of piperidine rings is 1. The van der Waals surface area contributed by atoms with Crippen molar-refractivity contribution < 1.29 is 8.42 Å². The number of rotatable bonds is 4. The van der Waals surface area contributed by atoms with Crippen LogP contribution in [0.15, 0.2) is 11.1 Å². The van der Waals surface area contributed by atoms with E-state index in [1.165, 1.54) is 6.20 Å². The van der Waals surface area contributed by atoms with Crippen molar-refractivity contribution in [2.24, 2.45) is 12.5 Å². The molecule has 1 atom stereocenters. The predicted molar refractivity (Wildman–Crippen MR) is 77.9 cm³/mol. The molecule has 114 valence electrons. The molecule has 2 rings (SSSR count). The molecule has 1 aliphatic rings. The van der Waals surface area contributed by atoms with Crippen LogP contribution >= 0.6 is 0 Å². The molecule has 0 amide bonds. The van der Waals surface area contributed by atoms with Crippen LogP contribution in [0.25, 0.3) is 0 Å². The first-order chi connectivity index (χ1) is 9.24. The third-order valence-corrected chi connectivity index (χ3v) is 5.82. The Morgan fingerprint density at radius 3 is 2.80 bits per heavy atom. The Kier molecular flexibility index (Phi) is 4.22. The Hall–Kier alpha value is -0.920. The number of hydrogen-bond donors (Lipinski definition) is 2. The van der Waals surface area contributed by atoms with Gasteiger partial charge in [0.15, 0.2) is 0 Å². The zero-order valence-corrected chi connectivity index (χ0v) is 13.4. The zero-order valence-electron chi connectivity index (χ0n) is 12.6. The van der Waals surface area contributed by atoms with Crippen LogP contribution in [0.2, 0.25) is 0 Å². The van der Waals surface area contributed by atoms with Crippen molar-refractivity contribution in [1.29, 1.82) is 0 Å². The molecule has 1 unspecified atom stereocenters. The summed E-state index contributed by atoms with van der Waals surface area (Å²) in [6.45, 7) is 7.46. The number of nitrogens with one attached hydrogen (secondary N) is 2. The summed E-state index contributed by atoms with van der Waals surface area (Å²) in [5, 5.41) is 7.39. The van der Waals surface area contributed by atoms with Gasteiger partial charge in [-0.3, -0.25) is 4.68 Å². The molecule has 20 heavy (non-hydrogen) atoms. The van der Waals surface area contributed by atoms with E-state index in [0.29, 0.717) is 12.2 Å². The minimum atomic E-state index is -3.49. The molecule has 0 spiro atoms. The molecular formula is C13H24N4O2S. The minimum Gasteiger partial charge on any atom is -0.312 e. The second kappa shape index (κ2) is 5.46. The highest BCUT2D eigenvalue weighted by Gasteiger charge is 2.33. The molecule has 7 heteroatoms.